The Balaban J connectivity index is 1.45. The molecule has 1 aromatic heterocycles. The van der Waals surface area contributed by atoms with Crippen molar-refractivity contribution in [3.05, 3.63) is 70.1 Å². The van der Waals surface area contributed by atoms with E-state index < -0.39 is 0 Å². The minimum absolute atomic E-state index is 0.132. The van der Waals surface area contributed by atoms with Gasteiger partial charge in [0.2, 0.25) is 0 Å². The molecule has 0 radical (unpaired) electrons. The Labute approximate surface area is 188 Å². The van der Waals surface area contributed by atoms with Crippen LogP contribution in [0.15, 0.2) is 42.5 Å². The molecule has 2 heterocycles. The Morgan fingerprint density at radius 3 is 2.52 bits per heavy atom. The fraction of sp³-hybridized carbons (Fsp3) is 0.462. The molecule has 5 heteroatoms. The van der Waals surface area contributed by atoms with Gasteiger partial charge in [0, 0.05) is 28.4 Å². The zero-order valence-electron chi connectivity index (χ0n) is 18.4. The van der Waals surface area contributed by atoms with Crippen LogP contribution in [0.5, 0.6) is 0 Å². The van der Waals surface area contributed by atoms with Crippen molar-refractivity contribution in [3.8, 4) is 0 Å². The van der Waals surface area contributed by atoms with Crippen molar-refractivity contribution in [3.63, 3.8) is 0 Å². The Morgan fingerprint density at radius 1 is 1.13 bits per heavy atom. The van der Waals surface area contributed by atoms with Crippen LogP contribution in [0.2, 0.25) is 5.02 Å². The Morgan fingerprint density at radius 2 is 1.84 bits per heavy atom. The molecule has 0 bridgehead atoms. The molecule has 2 atom stereocenters. The summed E-state index contributed by atoms with van der Waals surface area (Å²) in [5, 5.41) is 1.79. The lowest BCUT2D eigenvalue weighted by atomic mass is 9.71. The molecule has 2 aromatic carbocycles. The summed E-state index contributed by atoms with van der Waals surface area (Å²) in [5.41, 5.74) is 4.45. The van der Waals surface area contributed by atoms with E-state index in [1.54, 1.807) is 6.07 Å². The van der Waals surface area contributed by atoms with E-state index in [9.17, 15) is 4.39 Å². The summed E-state index contributed by atoms with van der Waals surface area (Å²) >= 11 is 6.13. The first-order chi connectivity index (χ1) is 14.9. The molecule has 5 rings (SSSR count). The van der Waals surface area contributed by atoms with E-state index in [0.717, 1.165) is 48.0 Å². The molecular formula is C26H30ClFN2O. The lowest BCUT2D eigenvalue weighted by Crippen LogP contribution is -2.43. The van der Waals surface area contributed by atoms with Crippen LogP contribution >= 0.6 is 11.6 Å². The molecule has 1 aliphatic heterocycles. The van der Waals surface area contributed by atoms with Gasteiger partial charge in [-0.15, -0.1) is 0 Å². The van der Waals surface area contributed by atoms with Crippen molar-refractivity contribution in [2.24, 2.45) is 5.92 Å². The molecule has 1 aliphatic carbocycles. The fourth-order valence-corrected chi connectivity index (χ4v) is 6.16. The molecule has 164 valence electrons. The summed E-state index contributed by atoms with van der Waals surface area (Å²) in [7, 11) is 4.32. The number of nitrogens with one attached hydrogen (secondary N) is 1. The summed E-state index contributed by atoms with van der Waals surface area (Å²) in [6.45, 7) is 2.14. The Bertz CT molecular complexity index is 1080. The highest BCUT2D eigenvalue weighted by Gasteiger charge is 2.46. The van der Waals surface area contributed by atoms with Gasteiger partial charge in [-0.05, 0) is 94.1 Å². The van der Waals surface area contributed by atoms with Gasteiger partial charge in [-0.2, -0.15) is 0 Å². The van der Waals surface area contributed by atoms with Gasteiger partial charge < -0.3 is 14.6 Å². The summed E-state index contributed by atoms with van der Waals surface area (Å²) in [5.74, 6) is 0.371. The summed E-state index contributed by atoms with van der Waals surface area (Å²) in [6, 6.07) is 13.7. The fourth-order valence-electron chi connectivity index (χ4n) is 6.04. The number of ether oxygens (including phenoxy) is 1. The van der Waals surface area contributed by atoms with Crippen LogP contribution in [0.25, 0.3) is 10.9 Å². The number of hydrogen-bond donors (Lipinski definition) is 1. The highest BCUT2D eigenvalue weighted by Crippen LogP contribution is 2.51. The lowest BCUT2D eigenvalue weighted by Gasteiger charge is -2.47. The molecule has 2 unspecified atom stereocenters. The van der Waals surface area contributed by atoms with Crippen LogP contribution in [0.4, 0.5) is 4.39 Å². The maximum atomic E-state index is 14.0. The van der Waals surface area contributed by atoms with E-state index in [4.69, 9.17) is 16.3 Å². The van der Waals surface area contributed by atoms with E-state index in [0.29, 0.717) is 12.0 Å². The van der Waals surface area contributed by atoms with Crippen molar-refractivity contribution in [1.82, 2.24) is 9.88 Å². The van der Waals surface area contributed by atoms with E-state index in [1.165, 1.54) is 22.9 Å². The number of nitrogens with zero attached hydrogens (tertiary/aromatic N) is 1. The van der Waals surface area contributed by atoms with Crippen molar-refractivity contribution in [2.45, 2.75) is 56.8 Å². The standard InChI is InChI=1S/C26H30ClFN2O/c1-16-14-22-21-15-20(28)8-9-23(21)29-25(22)26(31-16)12-10-18(11-13-26)24(30(2)3)17-4-6-19(27)7-5-17/h4-9,15-16,18,24,29H,10-14H2,1-3H3. The summed E-state index contributed by atoms with van der Waals surface area (Å²) < 4.78 is 20.6. The number of fused-ring (bicyclic) bond motifs is 4. The lowest BCUT2D eigenvalue weighted by molar-refractivity contribution is -0.135. The number of halogens is 2. The van der Waals surface area contributed by atoms with Crippen LogP contribution in [-0.2, 0) is 16.8 Å². The average Bonchev–Trinajstić information content (AvgIpc) is 3.09. The molecule has 1 fully saturated rings. The molecule has 1 spiro atoms. The zero-order valence-corrected chi connectivity index (χ0v) is 19.2. The van der Waals surface area contributed by atoms with Gasteiger partial charge in [-0.3, -0.25) is 0 Å². The second-order valence-electron chi connectivity index (χ2n) is 9.59. The monoisotopic (exact) mass is 440 g/mol. The van der Waals surface area contributed by atoms with Gasteiger partial charge in [-0.1, -0.05) is 23.7 Å². The Kier molecular flexibility index (Phi) is 5.36. The smallest absolute Gasteiger partial charge is 0.123 e. The maximum Gasteiger partial charge on any atom is 0.123 e. The summed E-state index contributed by atoms with van der Waals surface area (Å²) in [6.07, 6.45) is 5.08. The van der Waals surface area contributed by atoms with Crippen LogP contribution < -0.4 is 0 Å². The third-order valence-corrected chi connectivity index (χ3v) is 7.55. The van der Waals surface area contributed by atoms with E-state index in [2.05, 4.69) is 43.0 Å². The summed E-state index contributed by atoms with van der Waals surface area (Å²) in [4.78, 5) is 5.94. The molecule has 1 saturated carbocycles. The van der Waals surface area contributed by atoms with Crippen molar-refractivity contribution in [2.75, 3.05) is 14.1 Å². The van der Waals surface area contributed by atoms with Gasteiger partial charge in [0.1, 0.15) is 11.4 Å². The molecule has 0 saturated heterocycles. The van der Waals surface area contributed by atoms with E-state index >= 15 is 0 Å². The van der Waals surface area contributed by atoms with Gasteiger partial charge in [0.25, 0.3) is 0 Å². The van der Waals surface area contributed by atoms with Crippen molar-refractivity contribution >= 4 is 22.5 Å². The first-order valence-corrected chi connectivity index (χ1v) is 11.6. The van der Waals surface area contributed by atoms with Crippen LogP contribution in [-0.4, -0.2) is 30.1 Å². The van der Waals surface area contributed by atoms with Gasteiger partial charge in [0.15, 0.2) is 0 Å². The minimum Gasteiger partial charge on any atom is -0.365 e. The van der Waals surface area contributed by atoms with Crippen LogP contribution in [0.1, 0.15) is 55.5 Å². The molecule has 31 heavy (non-hydrogen) atoms. The SMILES string of the molecule is CC1Cc2c([nH]c3ccc(F)cc23)C2(CCC(C(c3ccc(Cl)cc3)N(C)C)CC2)O1. The highest BCUT2D eigenvalue weighted by atomic mass is 35.5. The first kappa shape index (κ1) is 21.0. The number of aromatic nitrogens is 1. The second-order valence-corrected chi connectivity index (χ2v) is 10.0. The van der Waals surface area contributed by atoms with Gasteiger partial charge in [0.05, 0.1) is 11.8 Å². The normalized spacial score (nSPS) is 27.0. The highest BCUT2D eigenvalue weighted by molar-refractivity contribution is 6.30. The molecule has 3 nitrogen and oxygen atoms in total. The number of hydrogen-bond acceptors (Lipinski definition) is 2. The minimum atomic E-state index is -0.296. The number of benzene rings is 2. The molecular weight excluding hydrogens is 411 g/mol. The molecule has 0 amide bonds. The topological polar surface area (TPSA) is 28.3 Å². The first-order valence-electron chi connectivity index (χ1n) is 11.3. The predicted octanol–water partition coefficient (Wildman–Crippen LogP) is 6.61. The average molecular weight is 441 g/mol. The van der Waals surface area contributed by atoms with Gasteiger partial charge in [-0.25, -0.2) is 4.39 Å². The third-order valence-electron chi connectivity index (χ3n) is 7.29. The quantitative estimate of drug-likeness (QED) is 0.496. The third kappa shape index (κ3) is 3.69. The Hall–Kier alpha value is -1.88. The van der Waals surface area contributed by atoms with Crippen LogP contribution in [0, 0.1) is 11.7 Å². The van der Waals surface area contributed by atoms with E-state index in [-0.39, 0.29) is 17.5 Å². The van der Waals surface area contributed by atoms with Gasteiger partial charge >= 0.3 is 0 Å². The molecule has 3 aromatic rings. The predicted molar refractivity (Wildman–Crippen MR) is 124 cm³/mol. The number of rotatable bonds is 3. The molecule has 1 N–H and O–H groups in total. The second kappa shape index (κ2) is 7.91. The number of H-pyrrole nitrogens is 1. The molecule has 2 aliphatic rings. The zero-order chi connectivity index (χ0) is 21.8. The van der Waals surface area contributed by atoms with Crippen molar-refractivity contribution in [1.29, 1.82) is 0 Å². The van der Waals surface area contributed by atoms with E-state index in [1.807, 2.05) is 18.2 Å². The van der Waals surface area contributed by atoms with Crippen LogP contribution in [0.3, 0.4) is 0 Å². The number of aromatic amines is 1. The van der Waals surface area contributed by atoms with Crippen molar-refractivity contribution < 1.29 is 9.13 Å². The maximum absolute atomic E-state index is 14.0. The largest absolute Gasteiger partial charge is 0.365 e.